The Labute approximate surface area is 113 Å². The molecule has 1 aromatic rings. The van der Waals surface area contributed by atoms with Gasteiger partial charge in [0.05, 0.1) is 0 Å². The summed E-state index contributed by atoms with van der Waals surface area (Å²) in [7, 11) is 0. The van der Waals surface area contributed by atoms with Crippen molar-refractivity contribution in [2.24, 2.45) is 0 Å². The Hall–Kier alpha value is -1.42. The lowest BCUT2D eigenvalue weighted by Gasteiger charge is -2.07. The highest BCUT2D eigenvalue weighted by molar-refractivity contribution is 5.54. The van der Waals surface area contributed by atoms with E-state index in [1.165, 1.54) is 5.57 Å². The number of hydrogen-bond donors (Lipinski definition) is 1. The van der Waals surface area contributed by atoms with Crippen LogP contribution in [0.15, 0.2) is 29.8 Å². The van der Waals surface area contributed by atoms with Crippen LogP contribution in [0.5, 0.6) is 5.75 Å². The van der Waals surface area contributed by atoms with Crippen LogP contribution < -0.4 is 10.1 Å². The number of nitrogens with one attached hydrogen (secondary N) is 1. The van der Waals surface area contributed by atoms with Gasteiger partial charge in [-0.05, 0) is 37.1 Å². The number of alkyl halides is 2. The average Bonchev–Trinajstić information content (AvgIpc) is 2.39. The van der Waals surface area contributed by atoms with Crippen molar-refractivity contribution >= 4 is 6.08 Å². The molecule has 0 atom stereocenters. The van der Waals surface area contributed by atoms with Crippen molar-refractivity contribution in [3.8, 4) is 5.75 Å². The van der Waals surface area contributed by atoms with E-state index in [2.05, 4.69) is 30.0 Å². The van der Waals surface area contributed by atoms with Gasteiger partial charge >= 0.3 is 6.61 Å². The first kappa shape index (κ1) is 15.6. The minimum atomic E-state index is -2.77. The third-order valence-electron chi connectivity index (χ3n) is 2.71. The molecule has 0 spiro atoms. The van der Waals surface area contributed by atoms with E-state index < -0.39 is 6.61 Å². The maximum absolute atomic E-state index is 12.0. The number of rotatable bonds is 8. The fourth-order valence-electron chi connectivity index (χ4n) is 1.69. The van der Waals surface area contributed by atoms with Crippen LogP contribution in [0, 0.1) is 0 Å². The molecule has 2 nitrogen and oxygen atoms in total. The third-order valence-corrected chi connectivity index (χ3v) is 2.71. The maximum Gasteiger partial charge on any atom is 0.387 e. The second kappa shape index (κ2) is 8.64. The fourth-order valence-corrected chi connectivity index (χ4v) is 1.69. The molecule has 0 saturated heterocycles. The molecule has 1 N–H and O–H groups in total. The quantitative estimate of drug-likeness (QED) is 0.718. The van der Waals surface area contributed by atoms with Crippen molar-refractivity contribution in [3.05, 3.63) is 35.4 Å². The predicted molar refractivity (Wildman–Crippen MR) is 74.5 cm³/mol. The zero-order valence-electron chi connectivity index (χ0n) is 11.5. The van der Waals surface area contributed by atoms with E-state index in [0.29, 0.717) is 0 Å². The topological polar surface area (TPSA) is 21.3 Å². The minimum absolute atomic E-state index is 0.189. The van der Waals surface area contributed by atoms with Gasteiger partial charge in [-0.25, -0.2) is 0 Å². The first-order valence-electron chi connectivity index (χ1n) is 6.60. The predicted octanol–water partition coefficient (Wildman–Crippen LogP) is 4.08. The number of halogens is 2. The summed E-state index contributed by atoms with van der Waals surface area (Å²) >= 11 is 0. The molecule has 0 radical (unpaired) electrons. The molecular formula is C15H21F2NO. The van der Waals surface area contributed by atoms with E-state index in [1.54, 1.807) is 24.3 Å². The summed E-state index contributed by atoms with van der Waals surface area (Å²) in [6.07, 6.45) is 4.15. The standard InChI is InChI=1S/C15H21F2NO/c1-3-9-18-11-12(4-2)10-13-5-7-14(8-6-13)19-15(16)17/h5-8,10,15,18H,3-4,9,11H2,1-2H3. The molecular weight excluding hydrogens is 248 g/mol. The second-order valence-corrected chi connectivity index (χ2v) is 4.28. The van der Waals surface area contributed by atoms with Gasteiger partial charge in [-0.15, -0.1) is 0 Å². The van der Waals surface area contributed by atoms with Gasteiger partial charge < -0.3 is 10.1 Å². The van der Waals surface area contributed by atoms with Gasteiger partial charge in [0, 0.05) is 6.54 Å². The van der Waals surface area contributed by atoms with Gasteiger partial charge in [-0.3, -0.25) is 0 Å². The normalized spacial score (nSPS) is 11.9. The third kappa shape index (κ3) is 6.34. The van der Waals surface area contributed by atoms with Crippen LogP contribution in [-0.4, -0.2) is 19.7 Å². The van der Waals surface area contributed by atoms with Crippen molar-refractivity contribution in [2.75, 3.05) is 13.1 Å². The van der Waals surface area contributed by atoms with E-state index in [0.717, 1.165) is 31.5 Å². The minimum Gasteiger partial charge on any atom is -0.435 e. The summed E-state index contributed by atoms with van der Waals surface area (Å²) in [5.41, 5.74) is 2.28. The summed E-state index contributed by atoms with van der Waals surface area (Å²) in [6, 6.07) is 6.69. The summed E-state index contributed by atoms with van der Waals surface area (Å²) in [4.78, 5) is 0. The monoisotopic (exact) mass is 269 g/mol. The molecule has 4 heteroatoms. The van der Waals surface area contributed by atoms with Gasteiger partial charge in [0.2, 0.25) is 0 Å². The first-order chi connectivity index (χ1) is 9.15. The Morgan fingerprint density at radius 2 is 1.95 bits per heavy atom. The van der Waals surface area contributed by atoms with Gasteiger partial charge in [0.15, 0.2) is 0 Å². The van der Waals surface area contributed by atoms with Crippen molar-refractivity contribution in [2.45, 2.75) is 33.3 Å². The average molecular weight is 269 g/mol. The first-order valence-corrected chi connectivity index (χ1v) is 6.60. The largest absolute Gasteiger partial charge is 0.435 e. The lowest BCUT2D eigenvalue weighted by molar-refractivity contribution is -0.0498. The summed E-state index contributed by atoms with van der Waals surface area (Å²) < 4.78 is 28.3. The Balaban J connectivity index is 2.62. The Morgan fingerprint density at radius 3 is 2.47 bits per heavy atom. The SMILES string of the molecule is CCCNCC(=Cc1ccc(OC(F)F)cc1)CC. The molecule has 0 aromatic heterocycles. The molecule has 0 saturated carbocycles. The summed E-state index contributed by atoms with van der Waals surface area (Å²) in [6.45, 7) is 3.32. The second-order valence-electron chi connectivity index (χ2n) is 4.28. The van der Waals surface area contributed by atoms with Crippen molar-refractivity contribution in [3.63, 3.8) is 0 Å². The van der Waals surface area contributed by atoms with Crippen molar-refractivity contribution in [1.29, 1.82) is 0 Å². The fraction of sp³-hybridized carbons (Fsp3) is 0.467. The highest BCUT2D eigenvalue weighted by Gasteiger charge is 2.03. The lowest BCUT2D eigenvalue weighted by atomic mass is 10.1. The molecule has 0 aliphatic heterocycles. The van der Waals surface area contributed by atoms with E-state index >= 15 is 0 Å². The molecule has 0 heterocycles. The maximum atomic E-state index is 12.0. The Morgan fingerprint density at radius 1 is 1.26 bits per heavy atom. The molecule has 0 unspecified atom stereocenters. The lowest BCUT2D eigenvalue weighted by Crippen LogP contribution is -2.17. The van der Waals surface area contributed by atoms with Crippen LogP contribution in [0.1, 0.15) is 32.3 Å². The zero-order valence-corrected chi connectivity index (χ0v) is 11.5. The van der Waals surface area contributed by atoms with Crippen molar-refractivity contribution < 1.29 is 13.5 Å². The molecule has 0 aliphatic carbocycles. The molecule has 1 rings (SSSR count). The smallest absolute Gasteiger partial charge is 0.387 e. The molecule has 0 bridgehead atoms. The number of hydrogen-bond acceptors (Lipinski definition) is 2. The molecule has 19 heavy (non-hydrogen) atoms. The van der Waals surface area contributed by atoms with Gasteiger partial charge in [-0.1, -0.05) is 37.6 Å². The van der Waals surface area contributed by atoms with Crippen LogP contribution in [0.4, 0.5) is 8.78 Å². The number of benzene rings is 1. The molecule has 0 amide bonds. The number of ether oxygens (including phenoxy) is 1. The van der Waals surface area contributed by atoms with Crippen LogP contribution in [0.25, 0.3) is 6.08 Å². The van der Waals surface area contributed by atoms with Gasteiger partial charge in [-0.2, -0.15) is 8.78 Å². The highest BCUT2D eigenvalue weighted by atomic mass is 19.3. The Bertz CT molecular complexity index is 388. The summed E-state index contributed by atoms with van der Waals surface area (Å²) in [5, 5.41) is 3.35. The highest BCUT2D eigenvalue weighted by Crippen LogP contribution is 2.17. The van der Waals surface area contributed by atoms with Crippen LogP contribution in [-0.2, 0) is 0 Å². The van der Waals surface area contributed by atoms with Crippen LogP contribution in [0.2, 0.25) is 0 Å². The zero-order chi connectivity index (χ0) is 14.1. The van der Waals surface area contributed by atoms with Gasteiger partial charge in [0.1, 0.15) is 5.75 Å². The Kier molecular flexibility index (Phi) is 7.11. The van der Waals surface area contributed by atoms with E-state index in [1.807, 2.05) is 0 Å². The van der Waals surface area contributed by atoms with E-state index in [9.17, 15) is 8.78 Å². The molecule has 1 aromatic carbocycles. The molecule has 0 fully saturated rings. The molecule has 0 aliphatic rings. The van der Waals surface area contributed by atoms with Crippen molar-refractivity contribution in [1.82, 2.24) is 5.32 Å². The summed E-state index contributed by atoms with van der Waals surface area (Å²) in [5.74, 6) is 0.189. The van der Waals surface area contributed by atoms with E-state index in [4.69, 9.17) is 0 Å². The van der Waals surface area contributed by atoms with E-state index in [-0.39, 0.29) is 5.75 Å². The van der Waals surface area contributed by atoms with Gasteiger partial charge in [0.25, 0.3) is 0 Å². The van der Waals surface area contributed by atoms with Crippen LogP contribution >= 0.6 is 0 Å². The molecule has 106 valence electrons. The van der Waals surface area contributed by atoms with Crippen LogP contribution in [0.3, 0.4) is 0 Å².